The molecule has 0 N–H and O–H groups in total. The predicted octanol–water partition coefficient (Wildman–Crippen LogP) is 9.93. The fourth-order valence-corrected chi connectivity index (χ4v) is 14.6. The highest BCUT2D eigenvalue weighted by Crippen LogP contribution is 2.36. The molecule has 0 aliphatic heterocycles. The molecule has 0 aromatic heterocycles. The van der Waals surface area contributed by atoms with Gasteiger partial charge in [-0.05, 0) is 135 Å². The normalized spacial score (nSPS) is 12.4. The van der Waals surface area contributed by atoms with Crippen LogP contribution in [0.2, 0.25) is 18.1 Å². The summed E-state index contributed by atoms with van der Waals surface area (Å²) >= 11 is 0. The van der Waals surface area contributed by atoms with Gasteiger partial charge < -0.3 is 44.7 Å². The standard InChI is InChI=1S/C42H69NO9Si3/c1-10-44-53(45-11-2,46-12-3)34-31-37-19-25-40(26-20-37)43(41-27-21-38(22-28-41)32-35-54(47-13-4,48-14-5)49-15-6)42-29-23-39(24-30-42)33-36-55(50-16-7,51-17-8)52-18-9/h19-30H,10-18,31-36H2,1-9H3. The lowest BCUT2D eigenvalue weighted by Gasteiger charge is -2.29. The molecule has 0 saturated carbocycles. The van der Waals surface area contributed by atoms with Gasteiger partial charge in [0.05, 0.1) is 0 Å². The second-order valence-corrected chi connectivity index (χ2v) is 21.0. The van der Waals surface area contributed by atoms with Crippen LogP contribution in [0.3, 0.4) is 0 Å². The molecule has 0 saturated heterocycles. The Labute approximate surface area is 335 Å². The summed E-state index contributed by atoms with van der Waals surface area (Å²) in [6.07, 6.45) is 2.42. The Hall–Kier alpha value is -2.25. The molecule has 0 fully saturated rings. The smallest absolute Gasteiger partial charge is 0.374 e. The van der Waals surface area contributed by atoms with Crippen molar-refractivity contribution in [3.8, 4) is 0 Å². The maximum atomic E-state index is 6.12. The number of hydrogen-bond donors (Lipinski definition) is 0. The molecular formula is C42H69NO9Si3. The Morgan fingerprint density at radius 3 is 0.655 bits per heavy atom. The number of anilines is 3. The van der Waals surface area contributed by atoms with Crippen molar-refractivity contribution < 1.29 is 39.8 Å². The molecule has 0 spiro atoms. The van der Waals surface area contributed by atoms with Crippen LogP contribution in [0.1, 0.15) is 79.0 Å². The summed E-state index contributed by atoms with van der Waals surface area (Å²) in [5.74, 6) is 0. The van der Waals surface area contributed by atoms with Crippen molar-refractivity contribution in [3.63, 3.8) is 0 Å². The van der Waals surface area contributed by atoms with E-state index in [0.717, 1.165) is 54.5 Å². The van der Waals surface area contributed by atoms with E-state index in [4.69, 9.17) is 39.8 Å². The first-order chi connectivity index (χ1) is 26.7. The van der Waals surface area contributed by atoms with E-state index >= 15 is 0 Å². The third-order valence-electron chi connectivity index (χ3n) is 9.02. The van der Waals surface area contributed by atoms with Gasteiger partial charge in [0.15, 0.2) is 0 Å². The van der Waals surface area contributed by atoms with Gasteiger partial charge in [0.1, 0.15) is 0 Å². The Bertz CT molecular complexity index is 1220. The van der Waals surface area contributed by atoms with Crippen LogP contribution in [-0.4, -0.2) is 85.9 Å². The van der Waals surface area contributed by atoms with E-state index in [-0.39, 0.29) is 0 Å². The van der Waals surface area contributed by atoms with Crippen molar-refractivity contribution in [1.82, 2.24) is 0 Å². The van der Waals surface area contributed by atoms with Crippen molar-refractivity contribution >= 4 is 43.5 Å². The first-order valence-electron chi connectivity index (χ1n) is 20.6. The predicted molar refractivity (Wildman–Crippen MR) is 229 cm³/mol. The molecule has 0 amide bonds. The molecule has 0 bridgehead atoms. The van der Waals surface area contributed by atoms with Crippen LogP contribution >= 0.6 is 0 Å². The van der Waals surface area contributed by atoms with Gasteiger partial charge in [-0.1, -0.05) is 36.4 Å². The van der Waals surface area contributed by atoms with Crippen LogP contribution < -0.4 is 4.90 Å². The first-order valence-corrected chi connectivity index (χ1v) is 26.4. The van der Waals surface area contributed by atoms with Crippen LogP contribution in [0.5, 0.6) is 0 Å². The lowest BCUT2D eigenvalue weighted by atomic mass is 10.1. The zero-order chi connectivity index (χ0) is 40.0. The Morgan fingerprint density at radius 1 is 0.309 bits per heavy atom. The average molecular weight is 816 g/mol. The van der Waals surface area contributed by atoms with Crippen LogP contribution in [0.25, 0.3) is 0 Å². The van der Waals surface area contributed by atoms with Crippen molar-refractivity contribution in [3.05, 3.63) is 89.5 Å². The Kier molecular flexibility index (Phi) is 21.6. The zero-order valence-electron chi connectivity index (χ0n) is 35.2. The number of nitrogens with zero attached hydrogens (tertiary/aromatic N) is 1. The molecule has 3 aromatic rings. The van der Waals surface area contributed by atoms with Crippen LogP contribution in [0.15, 0.2) is 72.8 Å². The minimum absolute atomic E-state index is 0.570. The maximum absolute atomic E-state index is 6.12. The lowest BCUT2D eigenvalue weighted by Crippen LogP contribution is -2.46. The second kappa shape index (κ2) is 25.2. The summed E-state index contributed by atoms with van der Waals surface area (Å²) < 4.78 is 55.1. The third-order valence-corrected chi connectivity index (χ3v) is 18.2. The molecule has 0 atom stereocenters. The molecule has 13 heteroatoms. The monoisotopic (exact) mass is 815 g/mol. The minimum atomic E-state index is -2.75. The van der Waals surface area contributed by atoms with Crippen LogP contribution in [0.4, 0.5) is 17.1 Å². The van der Waals surface area contributed by atoms with Gasteiger partial charge in [0.25, 0.3) is 0 Å². The molecule has 0 heterocycles. The van der Waals surface area contributed by atoms with Crippen molar-refractivity contribution in [2.24, 2.45) is 0 Å². The van der Waals surface area contributed by atoms with E-state index in [1.54, 1.807) is 0 Å². The molecule has 0 unspecified atom stereocenters. The van der Waals surface area contributed by atoms with Gasteiger partial charge in [-0.3, -0.25) is 0 Å². The Balaban J connectivity index is 1.92. The van der Waals surface area contributed by atoms with E-state index < -0.39 is 26.4 Å². The van der Waals surface area contributed by atoms with E-state index in [9.17, 15) is 0 Å². The maximum Gasteiger partial charge on any atom is 0.501 e. The highest BCUT2D eigenvalue weighted by atomic mass is 28.4. The number of benzene rings is 3. The second-order valence-electron chi connectivity index (χ2n) is 12.8. The highest BCUT2D eigenvalue weighted by molar-refractivity contribution is 6.61. The fourth-order valence-electron chi connectivity index (χ4n) is 6.78. The minimum Gasteiger partial charge on any atom is -0.374 e. The lowest BCUT2D eigenvalue weighted by molar-refractivity contribution is 0.0706. The van der Waals surface area contributed by atoms with Gasteiger partial charge in [0, 0.05) is 94.7 Å². The molecule has 0 radical (unpaired) electrons. The summed E-state index contributed by atoms with van der Waals surface area (Å²) in [6, 6.07) is 28.6. The molecular weight excluding hydrogens is 747 g/mol. The number of rotatable bonds is 30. The van der Waals surface area contributed by atoms with E-state index in [2.05, 4.69) is 77.7 Å². The molecule has 308 valence electrons. The highest BCUT2D eigenvalue weighted by Gasteiger charge is 2.41. The quantitative estimate of drug-likeness (QED) is 0.0607. The number of hydrogen-bond acceptors (Lipinski definition) is 10. The summed E-state index contributed by atoms with van der Waals surface area (Å²) in [5.41, 5.74) is 6.83. The SMILES string of the molecule is CCO[Si](CCc1ccc(N(c2ccc(CC[Si](OCC)(OCC)OCC)cc2)c2ccc(CC[Si](OCC)(OCC)OCC)cc2)cc1)(OCC)OCC. The fraction of sp³-hybridized carbons (Fsp3) is 0.571. The van der Waals surface area contributed by atoms with Crippen LogP contribution in [-0.2, 0) is 59.1 Å². The van der Waals surface area contributed by atoms with Gasteiger partial charge in [-0.2, -0.15) is 0 Å². The molecule has 3 aromatic carbocycles. The van der Waals surface area contributed by atoms with Crippen molar-refractivity contribution in [1.29, 1.82) is 0 Å². The average Bonchev–Trinajstić information content (AvgIpc) is 3.18. The van der Waals surface area contributed by atoms with Gasteiger partial charge in [-0.15, -0.1) is 0 Å². The zero-order valence-corrected chi connectivity index (χ0v) is 38.2. The number of aryl methyl sites for hydroxylation is 3. The van der Waals surface area contributed by atoms with E-state index in [1.165, 1.54) is 16.7 Å². The molecule has 0 aliphatic rings. The summed E-state index contributed by atoms with van der Waals surface area (Å²) in [6.45, 7) is 23.1. The first kappa shape index (κ1) is 47.1. The van der Waals surface area contributed by atoms with Gasteiger partial charge in [0.2, 0.25) is 0 Å². The van der Waals surface area contributed by atoms with Crippen LogP contribution in [0, 0.1) is 0 Å². The van der Waals surface area contributed by atoms with Gasteiger partial charge in [-0.25, -0.2) is 0 Å². The Morgan fingerprint density at radius 2 is 0.491 bits per heavy atom. The molecule has 0 aliphatic carbocycles. The molecule has 10 nitrogen and oxygen atoms in total. The molecule has 55 heavy (non-hydrogen) atoms. The van der Waals surface area contributed by atoms with E-state index in [0.29, 0.717) is 59.5 Å². The summed E-state index contributed by atoms with van der Waals surface area (Å²) in [4.78, 5) is 2.30. The molecule has 3 rings (SSSR count). The van der Waals surface area contributed by atoms with Gasteiger partial charge >= 0.3 is 26.4 Å². The summed E-state index contributed by atoms with van der Waals surface area (Å²) in [7, 11) is -8.25. The largest absolute Gasteiger partial charge is 0.501 e. The third kappa shape index (κ3) is 14.6. The topological polar surface area (TPSA) is 86.3 Å². The summed E-state index contributed by atoms with van der Waals surface area (Å²) in [5, 5.41) is 0. The van der Waals surface area contributed by atoms with Crippen molar-refractivity contribution in [2.75, 3.05) is 64.4 Å². The van der Waals surface area contributed by atoms with E-state index in [1.807, 2.05) is 62.3 Å². The van der Waals surface area contributed by atoms with Crippen molar-refractivity contribution in [2.45, 2.75) is 99.7 Å².